The SMILES string of the molecule is COc1cc(/C=C2\SC(=O)N(CCOc3cccc(C)c3)C2=O)cc(I)c1OCC(=O)O. The van der Waals surface area contributed by atoms with Gasteiger partial charge in [0.15, 0.2) is 18.1 Å². The highest BCUT2D eigenvalue weighted by atomic mass is 127. The van der Waals surface area contributed by atoms with Crippen LogP contribution in [-0.2, 0) is 9.59 Å². The van der Waals surface area contributed by atoms with Gasteiger partial charge in [0.2, 0.25) is 0 Å². The average Bonchev–Trinajstić information content (AvgIpc) is 2.99. The van der Waals surface area contributed by atoms with Gasteiger partial charge in [-0.05, 0) is 82.7 Å². The lowest BCUT2D eigenvalue weighted by Crippen LogP contribution is -2.32. The van der Waals surface area contributed by atoms with Crippen molar-refractivity contribution in [2.24, 2.45) is 0 Å². The summed E-state index contributed by atoms with van der Waals surface area (Å²) in [5.41, 5.74) is 1.68. The number of methoxy groups -OCH3 is 1. The van der Waals surface area contributed by atoms with E-state index in [2.05, 4.69) is 0 Å². The third-order valence-corrected chi connectivity index (χ3v) is 6.04. The number of hydrogen-bond acceptors (Lipinski definition) is 7. The van der Waals surface area contributed by atoms with Crippen LogP contribution in [-0.4, -0.2) is 54.0 Å². The maximum atomic E-state index is 12.7. The predicted molar refractivity (Wildman–Crippen MR) is 128 cm³/mol. The maximum absolute atomic E-state index is 12.7. The third-order valence-electron chi connectivity index (χ3n) is 4.34. The Kier molecular flexibility index (Phi) is 8.02. The van der Waals surface area contributed by atoms with Crippen molar-refractivity contribution in [3.05, 3.63) is 56.0 Å². The number of aryl methyl sites for hydroxylation is 1. The lowest BCUT2D eigenvalue weighted by molar-refractivity contribution is -0.139. The van der Waals surface area contributed by atoms with Crippen molar-refractivity contribution < 1.29 is 33.7 Å². The van der Waals surface area contributed by atoms with E-state index in [4.69, 9.17) is 19.3 Å². The summed E-state index contributed by atoms with van der Waals surface area (Å²) in [6.45, 7) is 1.78. The van der Waals surface area contributed by atoms with Gasteiger partial charge in [0.25, 0.3) is 11.1 Å². The zero-order valence-electron chi connectivity index (χ0n) is 17.3. The minimum Gasteiger partial charge on any atom is -0.493 e. The summed E-state index contributed by atoms with van der Waals surface area (Å²) < 4.78 is 16.8. The quantitative estimate of drug-likeness (QED) is 0.355. The van der Waals surface area contributed by atoms with Gasteiger partial charge in [-0.15, -0.1) is 0 Å². The molecule has 2 aromatic carbocycles. The Morgan fingerprint density at radius 1 is 1.22 bits per heavy atom. The Labute approximate surface area is 202 Å². The number of amides is 2. The number of hydrogen-bond donors (Lipinski definition) is 1. The van der Waals surface area contributed by atoms with Gasteiger partial charge in [-0.25, -0.2) is 4.79 Å². The molecule has 0 spiro atoms. The van der Waals surface area contributed by atoms with Crippen LogP contribution < -0.4 is 14.2 Å². The minimum absolute atomic E-state index is 0.138. The van der Waals surface area contributed by atoms with E-state index in [1.54, 1.807) is 18.2 Å². The van der Waals surface area contributed by atoms with Crippen molar-refractivity contribution in [3.8, 4) is 17.2 Å². The lowest BCUT2D eigenvalue weighted by atomic mass is 10.2. The molecule has 1 aliphatic rings. The number of halogens is 1. The number of rotatable bonds is 9. The van der Waals surface area contributed by atoms with E-state index in [1.807, 2.05) is 53.8 Å². The van der Waals surface area contributed by atoms with Crippen LogP contribution in [0.4, 0.5) is 4.79 Å². The molecular formula is C22H20INO7S. The zero-order valence-corrected chi connectivity index (χ0v) is 20.3. The topological polar surface area (TPSA) is 102 Å². The fourth-order valence-corrected chi connectivity index (χ4v) is 4.55. The van der Waals surface area contributed by atoms with Crippen LogP contribution in [0.1, 0.15) is 11.1 Å². The molecule has 10 heteroatoms. The van der Waals surface area contributed by atoms with Gasteiger partial charge in [-0.2, -0.15) is 0 Å². The molecule has 1 heterocycles. The number of nitrogens with zero attached hydrogens (tertiary/aromatic N) is 1. The zero-order chi connectivity index (χ0) is 23.3. The monoisotopic (exact) mass is 569 g/mol. The Bertz CT molecular complexity index is 1090. The molecular weight excluding hydrogens is 549 g/mol. The summed E-state index contributed by atoms with van der Waals surface area (Å²) in [5.74, 6) is -0.191. The van der Waals surface area contributed by atoms with Crippen LogP contribution in [0.15, 0.2) is 41.3 Å². The average molecular weight is 569 g/mol. The molecule has 1 aliphatic heterocycles. The Morgan fingerprint density at radius 2 is 2.00 bits per heavy atom. The minimum atomic E-state index is -1.10. The number of ether oxygens (including phenoxy) is 3. The van der Waals surface area contributed by atoms with Crippen molar-refractivity contribution in [2.75, 3.05) is 26.9 Å². The Hall–Kier alpha value is -2.73. The first-order valence-corrected chi connectivity index (χ1v) is 11.3. The van der Waals surface area contributed by atoms with E-state index in [-0.39, 0.29) is 23.3 Å². The van der Waals surface area contributed by atoms with Gasteiger partial charge in [0, 0.05) is 0 Å². The molecule has 8 nitrogen and oxygen atoms in total. The van der Waals surface area contributed by atoms with E-state index in [0.717, 1.165) is 22.2 Å². The second kappa shape index (κ2) is 10.7. The fraction of sp³-hybridized carbons (Fsp3) is 0.227. The third kappa shape index (κ3) is 5.94. The molecule has 0 aliphatic carbocycles. The number of thioether (sulfide) groups is 1. The Morgan fingerprint density at radius 3 is 2.69 bits per heavy atom. The second-order valence-corrected chi connectivity index (χ2v) is 8.87. The van der Waals surface area contributed by atoms with E-state index in [9.17, 15) is 14.4 Å². The molecule has 0 atom stereocenters. The van der Waals surface area contributed by atoms with E-state index >= 15 is 0 Å². The van der Waals surface area contributed by atoms with Crippen LogP contribution in [0.5, 0.6) is 17.2 Å². The lowest BCUT2D eigenvalue weighted by Gasteiger charge is -2.13. The van der Waals surface area contributed by atoms with Crippen LogP contribution in [0.25, 0.3) is 6.08 Å². The molecule has 32 heavy (non-hydrogen) atoms. The number of imide groups is 1. The van der Waals surface area contributed by atoms with Crippen molar-refractivity contribution in [2.45, 2.75) is 6.92 Å². The van der Waals surface area contributed by atoms with Crippen LogP contribution >= 0.6 is 34.4 Å². The van der Waals surface area contributed by atoms with Crippen LogP contribution in [0, 0.1) is 10.5 Å². The number of carbonyl (C=O) groups is 3. The number of carbonyl (C=O) groups excluding carboxylic acids is 2. The van der Waals surface area contributed by atoms with Gasteiger partial charge in [0.05, 0.1) is 22.1 Å². The van der Waals surface area contributed by atoms with Crippen molar-refractivity contribution in [1.82, 2.24) is 4.90 Å². The second-order valence-electron chi connectivity index (χ2n) is 6.71. The molecule has 0 aromatic heterocycles. The van der Waals surface area contributed by atoms with Gasteiger partial charge in [0.1, 0.15) is 12.4 Å². The predicted octanol–water partition coefficient (Wildman–Crippen LogP) is 4.19. The summed E-state index contributed by atoms with van der Waals surface area (Å²) in [5, 5.41) is 8.46. The summed E-state index contributed by atoms with van der Waals surface area (Å²) in [7, 11) is 1.44. The smallest absolute Gasteiger partial charge is 0.341 e. The summed E-state index contributed by atoms with van der Waals surface area (Å²) in [4.78, 5) is 37.3. The number of carboxylic acid groups (broad SMARTS) is 1. The fourth-order valence-electron chi connectivity index (χ4n) is 2.90. The van der Waals surface area contributed by atoms with E-state index < -0.39 is 18.5 Å². The highest BCUT2D eigenvalue weighted by Gasteiger charge is 2.35. The molecule has 0 bridgehead atoms. The first-order chi connectivity index (χ1) is 15.3. The first-order valence-electron chi connectivity index (χ1n) is 9.45. The van der Waals surface area contributed by atoms with Gasteiger partial charge in [-0.1, -0.05) is 12.1 Å². The van der Waals surface area contributed by atoms with Gasteiger partial charge < -0.3 is 19.3 Å². The van der Waals surface area contributed by atoms with Crippen LogP contribution in [0.2, 0.25) is 0 Å². The largest absolute Gasteiger partial charge is 0.493 e. The highest BCUT2D eigenvalue weighted by Crippen LogP contribution is 2.37. The summed E-state index contributed by atoms with van der Waals surface area (Å²) >= 11 is 2.85. The molecule has 2 aromatic rings. The normalized spacial score (nSPS) is 14.7. The van der Waals surface area contributed by atoms with Crippen molar-refractivity contribution in [1.29, 1.82) is 0 Å². The molecule has 2 amide bonds. The molecule has 0 saturated carbocycles. The molecule has 1 N–H and O–H groups in total. The number of carboxylic acids is 1. The standard InChI is InChI=1S/C22H20INO7S/c1-13-4-3-5-15(8-13)30-7-6-24-21(27)18(32-22(24)28)11-14-9-16(23)20(17(10-14)29-2)31-12-19(25)26/h3-5,8-11H,6-7,12H2,1-2H3,(H,25,26)/b18-11-. The number of benzene rings is 2. The van der Waals surface area contributed by atoms with Crippen LogP contribution in [0.3, 0.4) is 0 Å². The molecule has 0 unspecified atom stereocenters. The van der Waals surface area contributed by atoms with E-state index in [0.29, 0.717) is 26.4 Å². The highest BCUT2D eigenvalue weighted by molar-refractivity contribution is 14.1. The van der Waals surface area contributed by atoms with E-state index in [1.165, 1.54) is 7.11 Å². The molecule has 1 saturated heterocycles. The molecule has 1 fully saturated rings. The first kappa shape index (κ1) is 23.9. The molecule has 0 radical (unpaired) electrons. The molecule has 168 valence electrons. The Balaban J connectivity index is 1.70. The summed E-state index contributed by atoms with van der Waals surface area (Å²) in [6.07, 6.45) is 1.60. The summed E-state index contributed by atoms with van der Waals surface area (Å²) in [6, 6.07) is 10.9. The maximum Gasteiger partial charge on any atom is 0.341 e. The number of aliphatic carboxylic acids is 1. The van der Waals surface area contributed by atoms with Crippen molar-refractivity contribution in [3.63, 3.8) is 0 Å². The van der Waals surface area contributed by atoms with Gasteiger partial charge >= 0.3 is 5.97 Å². The van der Waals surface area contributed by atoms with Crippen molar-refractivity contribution >= 4 is 57.5 Å². The molecule has 3 rings (SSSR count). The van der Waals surface area contributed by atoms with Gasteiger partial charge in [-0.3, -0.25) is 14.5 Å².